The number of carbonyl (C=O) groups excluding carboxylic acids is 3. The molecule has 0 spiro atoms. The molecule has 160 valence electrons. The smallest absolute Gasteiger partial charge is 0.303 e. The molecule has 0 amide bonds. The van der Waals surface area contributed by atoms with E-state index in [1.807, 2.05) is 0 Å². The first-order valence-corrected chi connectivity index (χ1v) is 11.3. The molecule has 5 nitrogen and oxygen atoms in total. The topological polar surface area (TPSA) is 88.5 Å². The molecule has 0 aliphatic heterocycles. The summed E-state index contributed by atoms with van der Waals surface area (Å²) in [5.74, 6) is 0.232. The Hall–Kier alpha value is -1.52. The molecule has 0 bridgehead atoms. The standard InChI is InChI=1S/C24H34O5/c1-22-12-15(25)9-10-23(22,2)17-11-19(27)24(3)14(5-4-6-20(28)29)7-8-16(24)21(17)18(26)13-22/h14,16-17,21H,4-13H2,1-3H3,(H,28,29). The van der Waals surface area contributed by atoms with Gasteiger partial charge in [-0.15, -0.1) is 0 Å². The van der Waals surface area contributed by atoms with Crippen molar-refractivity contribution in [3.05, 3.63) is 0 Å². The average Bonchev–Trinajstić information content (AvgIpc) is 2.95. The molecule has 4 rings (SSSR count). The number of hydrogen-bond donors (Lipinski definition) is 1. The van der Waals surface area contributed by atoms with Gasteiger partial charge in [0.15, 0.2) is 0 Å². The van der Waals surface area contributed by atoms with Crippen LogP contribution in [0.5, 0.6) is 0 Å². The highest BCUT2D eigenvalue weighted by Crippen LogP contribution is 2.68. The zero-order valence-corrected chi connectivity index (χ0v) is 18.0. The number of hydrogen-bond acceptors (Lipinski definition) is 4. The Morgan fingerprint density at radius 1 is 1.07 bits per heavy atom. The monoisotopic (exact) mass is 402 g/mol. The number of rotatable bonds is 4. The van der Waals surface area contributed by atoms with Crippen LogP contribution in [-0.4, -0.2) is 28.4 Å². The fraction of sp³-hybridized carbons (Fsp3) is 0.833. The number of ketones is 3. The van der Waals surface area contributed by atoms with Crippen molar-refractivity contribution in [2.24, 2.45) is 39.9 Å². The third kappa shape index (κ3) is 2.86. The van der Waals surface area contributed by atoms with E-state index in [0.29, 0.717) is 32.1 Å². The van der Waals surface area contributed by atoms with E-state index in [-0.39, 0.29) is 58.3 Å². The molecule has 0 saturated heterocycles. The summed E-state index contributed by atoms with van der Waals surface area (Å²) >= 11 is 0. The van der Waals surface area contributed by atoms with E-state index in [9.17, 15) is 19.2 Å². The largest absolute Gasteiger partial charge is 0.481 e. The van der Waals surface area contributed by atoms with Crippen LogP contribution in [0.4, 0.5) is 0 Å². The summed E-state index contributed by atoms with van der Waals surface area (Å²) in [6.45, 7) is 6.39. The van der Waals surface area contributed by atoms with E-state index in [1.165, 1.54) is 0 Å². The summed E-state index contributed by atoms with van der Waals surface area (Å²) in [6, 6.07) is 0. The van der Waals surface area contributed by atoms with Crippen molar-refractivity contribution in [3.63, 3.8) is 0 Å². The van der Waals surface area contributed by atoms with Crippen LogP contribution in [0.2, 0.25) is 0 Å². The lowest BCUT2D eigenvalue weighted by Gasteiger charge is -2.62. The van der Waals surface area contributed by atoms with Gasteiger partial charge in [0.05, 0.1) is 0 Å². The highest BCUT2D eigenvalue weighted by atomic mass is 16.4. The van der Waals surface area contributed by atoms with Crippen LogP contribution in [0.1, 0.15) is 85.0 Å². The molecule has 0 aromatic rings. The summed E-state index contributed by atoms with van der Waals surface area (Å²) in [4.78, 5) is 50.1. The summed E-state index contributed by atoms with van der Waals surface area (Å²) < 4.78 is 0. The maximum Gasteiger partial charge on any atom is 0.303 e. The SMILES string of the molecule is CC12C(=O)CC3C(C(=O)CC4(C)CC(=O)CCC34C)C1CCC2CCCC(=O)O. The van der Waals surface area contributed by atoms with E-state index < -0.39 is 11.4 Å². The summed E-state index contributed by atoms with van der Waals surface area (Å²) in [5.41, 5.74) is -0.962. The second-order valence-corrected chi connectivity index (χ2v) is 11.0. The molecule has 0 aromatic carbocycles. The van der Waals surface area contributed by atoms with Gasteiger partial charge in [0.25, 0.3) is 0 Å². The quantitative estimate of drug-likeness (QED) is 0.761. The highest BCUT2D eigenvalue weighted by molar-refractivity contribution is 5.93. The van der Waals surface area contributed by atoms with Crippen molar-refractivity contribution < 1.29 is 24.3 Å². The minimum absolute atomic E-state index is 0.0465. The van der Waals surface area contributed by atoms with E-state index >= 15 is 0 Å². The molecule has 7 unspecified atom stereocenters. The summed E-state index contributed by atoms with van der Waals surface area (Å²) in [5, 5.41) is 8.97. The van der Waals surface area contributed by atoms with Gasteiger partial charge in [-0.05, 0) is 60.7 Å². The molecule has 0 radical (unpaired) electrons. The van der Waals surface area contributed by atoms with Crippen molar-refractivity contribution in [3.8, 4) is 0 Å². The minimum Gasteiger partial charge on any atom is -0.481 e. The third-order valence-electron chi connectivity index (χ3n) is 9.90. The first-order valence-electron chi connectivity index (χ1n) is 11.3. The molecule has 5 heteroatoms. The second-order valence-electron chi connectivity index (χ2n) is 11.0. The van der Waals surface area contributed by atoms with Crippen LogP contribution in [0.25, 0.3) is 0 Å². The molecule has 0 heterocycles. The Morgan fingerprint density at radius 3 is 2.48 bits per heavy atom. The molecule has 4 fully saturated rings. The fourth-order valence-electron chi connectivity index (χ4n) is 7.94. The zero-order valence-electron chi connectivity index (χ0n) is 18.0. The highest BCUT2D eigenvalue weighted by Gasteiger charge is 2.68. The number of carboxylic acids is 1. The van der Waals surface area contributed by atoms with Gasteiger partial charge in [-0.2, -0.15) is 0 Å². The van der Waals surface area contributed by atoms with Crippen LogP contribution < -0.4 is 0 Å². The Balaban J connectivity index is 1.64. The molecular formula is C24H34O5. The summed E-state index contributed by atoms with van der Waals surface area (Å²) in [6.07, 6.45) is 6.00. The third-order valence-corrected chi connectivity index (χ3v) is 9.90. The van der Waals surface area contributed by atoms with E-state index in [0.717, 1.165) is 25.7 Å². The van der Waals surface area contributed by atoms with Crippen LogP contribution in [0.15, 0.2) is 0 Å². The maximum atomic E-state index is 13.6. The predicted octanol–water partition coefficient (Wildman–Crippen LogP) is 4.22. The predicted molar refractivity (Wildman–Crippen MR) is 107 cm³/mol. The van der Waals surface area contributed by atoms with Crippen molar-refractivity contribution in [2.45, 2.75) is 85.0 Å². The van der Waals surface area contributed by atoms with Gasteiger partial charge in [-0.1, -0.05) is 20.8 Å². The van der Waals surface area contributed by atoms with Gasteiger partial charge in [-0.25, -0.2) is 0 Å². The van der Waals surface area contributed by atoms with E-state index in [2.05, 4.69) is 20.8 Å². The molecule has 4 aliphatic rings. The molecule has 1 N–H and O–H groups in total. The van der Waals surface area contributed by atoms with Crippen molar-refractivity contribution in [2.75, 3.05) is 0 Å². The van der Waals surface area contributed by atoms with Crippen molar-refractivity contribution >= 4 is 23.3 Å². The second kappa shape index (κ2) is 6.75. The molecular weight excluding hydrogens is 368 g/mol. The average molecular weight is 403 g/mol. The Kier molecular flexibility index (Phi) is 4.83. The molecule has 4 aliphatic carbocycles. The number of aliphatic carboxylic acids is 1. The van der Waals surface area contributed by atoms with Gasteiger partial charge < -0.3 is 5.11 Å². The van der Waals surface area contributed by atoms with Crippen LogP contribution >= 0.6 is 0 Å². The van der Waals surface area contributed by atoms with Crippen LogP contribution in [0.3, 0.4) is 0 Å². The lowest BCUT2D eigenvalue weighted by atomic mass is 9.40. The normalized spacial score (nSPS) is 46.8. The first-order chi connectivity index (χ1) is 13.5. The van der Waals surface area contributed by atoms with Crippen LogP contribution in [-0.2, 0) is 19.2 Å². The van der Waals surface area contributed by atoms with Gasteiger partial charge in [-0.3, -0.25) is 19.2 Å². The molecule has 29 heavy (non-hydrogen) atoms. The van der Waals surface area contributed by atoms with Crippen LogP contribution in [0, 0.1) is 39.9 Å². The van der Waals surface area contributed by atoms with Crippen molar-refractivity contribution in [1.82, 2.24) is 0 Å². The number of carbonyl (C=O) groups is 4. The number of carboxylic acid groups (broad SMARTS) is 1. The van der Waals surface area contributed by atoms with E-state index in [4.69, 9.17) is 5.11 Å². The minimum atomic E-state index is -0.791. The Morgan fingerprint density at radius 2 is 1.79 bits per heavy atom. The van der Waals surface area contributed by atoms with Gasteiger partial charge in [0, 0.05) is 43.4 Å². The lowest BCUT2D eigenvalue weighted by molar-refractivity contribution is -0.177. The maximum absolute atomic E-state index is 13.6. The zero-order chi connectivity index (χ0) is 21.2. The number of Topliss-reactive ketones (excluding diaryl/α,β-unsaturated/α-hetero) is 3. The number of fused-ring (bicyclic) bond motifs is 5. The van der Waals surface area contributed by atoms with Gasteiger partial charge >= 0.3 is 5.97 Å². The first kappa shape index (κ1) is 20.7. The molecule has 4 saturated carbocycles. The Bertz CT molecular complexity index is 771. The van der Waals surface area contributed by atoms with Gasteiger partial charge in [0.1, 0.15) is 17.3 Å². The Labute approximate surface area is 173 Å². The lowest BCUT2D eigenvalue weighted by Crippen LogP contribution is -2.62. The molecule has 7 atom stereocenters. The fourth-order valence-corrected chi connectivity index (χ4v) is 7.94. The van der Waals surface area contributed by atoms with E-state index in [1.54, 1.807) is 0 Å². The van der Waals surface area contributed by atoms with Gasteiger partial charge in [0.2, 0.25) is 0 Å². The van der Waals surface area contributed by atoms with Crippen molar-refractivity contribution in [1.29, 1.82) is 0 Å². The summed E-state index contributed by atoms with van der Waals surface area (Å²) in [7, 11) is 0. The molecule has 0 aromatic heterocycles.